The number of nitrogens with one attached hydrogen (secondary N) is 1. The number of anilines is 3. The van der Waals surface area contributed by atoms with Crippen LogP contribution < -0.4 is 15.0 Å². The third-order valence-corrected chi connectivity index (χ3v) is 6.56. The Morgan fingerprint density at radius 2 is 1.69 bits per heavy atom. The van der Waals surface area contributed by atoms with Crippen molar-refractivity contribution in [2.75, 3.05) is 36.4 Å². The molecule has 7 nitrogen and oxygen atoms in total. The summed E-state index contributed by atoms with van der Waals surface area (Å²) in [7, 11) is 0. The van der Waals surface area contributed by atoms with Crippen LogP contribution in [0, 0.1) is 0 Å². The molecule has 0 spiro atoms. The van der Waals surface area contributed by atoms with Crippen molar-refractivity contribution in [3.63, 3.8) is 0 Å². The van der Waals surface area contributed by atoms with E-state index < -0.39 is 0 Å². The van der Waals surface area contributed by atoms with E-state index in [2.05, 4.69) is 50.0 Å². The van der Waals surface area contributed by atoms with Gasteiger partial charge in [0.25, 0.3) is 5.88 Å². The Kier molecular flexibility index (Phi) is 5.87. The molecule has 0 atom stereocenters. The van der Waals surface area contributed by atoms with Gasteiger partial charge in [0.1, 0.15) is 5.75 Å². The van der Waals surface area contributed by atoms with Gasteiger partial charge in [-0.2, -0.15) is 0 Å². The molecular weight excluding hydrogens is 420 g/mol. The lowest BCUT2D eigenvalue weighted by Crippen LogP contribution is -2.49. The van der Waals surface area contributed by atoms with Crippen molar-refractivity contribution in [3.8, 4) is 11.6 Å². The second-order valence-corrected chi connectivity index (χ2v) is 9.07. The molecule has 2 aromatic heterocycles. The lowest BCUT2D eigenvalue weighted by atomic mass is 10.2. The van der Waals surface area contributed by atoms with Crippen LogP contribution in [-0.4, -0.2) is 52.1 Å². The number of thiazole rings is 1. The smallest absolute Gasteiger partial charge is 0.263 e. The summed E-state index contributed by atoms with van der Waals surface area (Å²) in [5.74, 6) is 2.06. The van der Waals surface area contributed by atoms with Crippen LogP contribution in [0.2, 0.25) is 0 Å². The molecule has 0 aliphatic carbocycles. The molecule has 8 heteroatoms. The molecule has 0 bridgehead atoms. The molecule has 1 saturated heterocycles. The molecule has 0 saturated carbocycles. The van der Waals surface area contributed by atoms with Crippen LogP contribution in [0.5, 0.6) is 11.6 Å². The molecule has 3 heterocycles. The Balaban J connectivity index is 1.27. The standard InChI is InChI=1S/C24H26N6OS/c1-17(2)29-13-15-30(16-14-29)22-23(26-12-11-25-22)31-19-9-7-18(8-10-19)27-24-28-20-5-3-4-6-21(20)32-24/h3-12,17H,13-16H2,1-2H3,(H,27,28). The molecule has 164 valence electrons. The average molecular weight is 447 g/mol. The molecule has 4 aromatic rings. The van der Waals surface area contributed by atoms with E-state index in [4.69, 9.17) is 4.74 Å². The van der Waals surface area contributed by atoms with Crippen molar-refractivity contribution >= 4 is 38.2 Å². The van der Waals surface area contributed by atoms with Gasteiger partial charge in [-0.05, 0) is 50.2 Å². The van der Waals surface area contributed by atoms with Crippen molar-refractivity contribution in [3.05, 3.63) is 60.9 Å². The summed E-state index contributed by atoms with van der Waals surface area (Å²) in [6, 6.07) is 16.5. The lowest BCUT2D eigenvalue weighted by Gasteiger charge is -2.37. The summed E-state index contributed by atoms with van der Waals surface area (Å²) in [4.78, 5) is 18.4. The summed E-state index contributed by atoms with van der Waals surface area (Å²) in [6.45, 7) is 8.33. The van der Waals surface area contributed by atoms with Gasteiger partial charge in [0.05, 0.1) is 10.2 Å². The van der Waals surface area contributed by atoms with Gasteiger partial charge in [0.15, 0.2) is 10.9 Å². The Morgan fingerprint density at radius 1 is 0.938 bits per heavy atom. The fourth-order valence-electron chi connectivity index (χ4n) is 3.82. The summed E-state index contributed by atoms with van der Waals surface area (Å²) < 4.78 is 7.29. The first kappa shape index (κ1) is 20.7. The van der Waals surface area contributed by atoms with Crippen LogP contribution in [-0.2, 0) is 0 Å². The van der Waals surface area contributed by atoms with Crippen molar-refractivity contribution in [2.45, 2.75) is 19.9 Å². The van der Waals surface area contributed by atoms with Gasteiger partial charge in [-0.1, -0.05) is 23.5 Å². The van der Waals surface area contributed by atoms with Crippen molar-refractivity contribution in [1.29, 1.82) is 0 Å². The molecule has 0 unspecified atom stereocenters. The second kappa shape index (κ2) is 9.10. The normalized spacial score (nSPS) is 14.8. The first-order chi connectivity index (χ1) is 15.7. The molecule has 0 amide bonds. The van der Waals surface area contributed by atoms with Gasteiger partial charge in [-0.15, -0.1) is 0 Å². The van der Waals surface area contributed by atoms with E-state index in [0.717, 1.165) is 54.1 Å². The van der Waals surface area contributed by atoms with Gasteiger partial charge >= 0.3 is 0 Å². The van der Waals surface area contributed by atoms with Crippen LogP contribution in [0.15, 0.2) is 60.9 Å². The van der Waals surface area contributed by atoms with E-state index in [1.165, 1.54) is 4.70 Å². The molecule has 1 aliphatic heterocycles. The Labute approximate surface area is 191 Å². The van der Waals surface area contributed by atoms with E-state index in [1.54, 1.807) is 23.7 Å². The summed E-state index contributed by atoms with van der Waals surface area (Å²) in [5, 5.41) is 4.24. The Hall–Kier alpha value is -3.23. The molecule has 1 aliphatic rings. The van der Waals surface area contributed by atoms with Gasteiger partial charge in [0, 0.05) is 50.3 Å². The van der Waals surface area contributed by atoms with E-state index in [-0.39, 0.29) is 0 Å². The minimum Gasteiger partial charge on any atom is -0.436 e. The topological polar surface area (TPSA) is 66.4 Å². The maximum absolute atomic E-state index is 6.12. The number of rotatable bonds is 6. The van der Waals surface area contributed by atoms with Gasteiger partial charge < -0.3 is 15.0 Å². The zero-order valence-corrected chi connectivity index (χ0v) is 19.0. The van der Waals surface area contributed by atoms with Crippen molar-refractivity contribution in [2.24, 2.45) is 0 Å². The molecule has 1 N–H and O–H groups in total. The number of para-hydroxylation sites is 1. The highest BCUT2D eigenvalue weighted by atomic mass is 32.1. The Bertz CT molecular complexity index is 1150. The maximum atomic E-state index is 6.12. The largest absolute Gasteiger partial charge is 0.436 e. The summed E-state index contributed by atoms with van der Waals surface area (Å²) in [6.07, 6.45) is 3.40. The summed E-state index contributed by atoms with van der Waals surface area (Å²) in [5.41, 5.74) is 1.96. The average Bonchev–Trinajstić information content (AvgIpc) is 3.23. The minimum absolute atomic E-state index is 0.539. The van der Waals surface area contributed by atoms with Crippen LogP contribution >= 0.6 is 11.3 Å². The Morgan fingerprint density at radius 3 is 2.44 bits per heavy atom. The van der Waals surface area contributed by atoms with Crippen LogP contribution in [0.25, 0.3) is 10.2 Å². The fourth-order valence-corrected chi connectivity index (χ4v) is 4.71. The molecule has 32 heavy (non-hydrogen) atoms. The predicted molar refractivity (Wildman–Crippen MR) is 130 cm³/mol. The maximum Gasteiger partial charge on any atom is 0.263 e. The van der Waals surface area contributed by atoms with E-state index in [9.17, 15) is 0 Å². The van der Waals surface area contributed by atoms with Gasteiger partial charge in [-0.3, -0.25) is 4.90 Å². The third-order valence-electron chi connectivity index (χ3n) is 5.60. The second-order valence-electron chi connectivity index (χ2n) is 8.04. The zero-order chi connectivity index (χ0) is 21.9. The highest BCUT2D eigenvalue weighted by Crippen LogP contribution is 2.31. The number of piperazine rings is 1. The predicted octanol–water partition coefficient (Wildman–Crippen LogP) is 5.15. The highest BCUT2D eigenvalue weighted by Gasteiger charge is 2.23. The molecule has 5 rings (SSSR count). The first-order valence-electron chi connectivity index (χ1n) is 10.9. The van der Waals surface area contributed by atoms with E-state index in [1.807, 2.05) is 42.5 Å². The number of hydrogen-bond acceptors (Lipinski definition) is 8. The zero-order valence-electron chi connectivity index (χ0n) is 18.2. The van der Waals surface area contributed by atoms with Crippen molar-refractivity contribution < 1.29 is 4.74 Å². The number of benzene rings is 2. The minimum atomic E-state index is 0.539. The molecule has 1 fully saturated rings. The highest BCUT2D eigenvalue weighted by molar-refractivity contribution is 7.22. The van der Waals surface area contributed by atoms with Gasteiger partial charge in [-0.25, -0.2) is 15.0 Å². The number of ether oxygens (including phenoxy) is 1. The van der Waals surface area contributed by atoms with E-state index in [0.29, 0.717) is 11.9 Å². The van der Waals surface area contributed by atoms with Crippen LogP contribution in [0.4, 0.5) is 16.6 Å². The number of hydrogen-bond donors (Lipinski definition) is 1. The lowest BCUT2D eigenvalue weighted by molar-refractivity contribution is 0.208. The molecule has 2 aromatic carbocycles. The summed E-state index contributed by atoms with van der Waals surface area (Å²) >= 11 is 1.64. The van der Waals surface area contributed by atoms with Crippen LogP contribution in [0.1, 0.15) is 13.8 Å². The molecular formula is C24H26N6OS. The fraction of sp³-hybridized carbons (Fsp3) is 0.292. The molecule has 0 radical (unpaired) electrons. The van der Waals surface area contributed by atoms with E-state index >= 15 is 0 Å². The van der Waals surface area contributed by atoms with Gasteiger partial charge in [0.2, 0.25) is 0 Å². The first-order valence-corrected chi connectivity index (χ1v) is 11.7. The monoisotopic (exact) mass is 446 g/mol. The number of nitrogens with zero attached hydrogens (tertiary/aromatic N) is 5. The van der Waals surface area contributed by atoms with Crippen LogP contribution in [0.3, 0.4) is 0 Å². The number of fused-ring (bicyclic) bond motifs is 1. The van der Waals surface area contributed by atoms with Crippen molar-refractivity contribution in [1.82, 2.24) is 19.9 Å². The number of aromatic nitrogens is 3. The SMILES string of the molecule is CC(C)N1CCN(c2nccnc2Oc2ccc(Nc3nc4ccccc4s3)cc2)CC1. The quantitative estimate of drug-likeness (QED) is 0.439. The third kappa shape index (κ3) is 4.51.